The van der Waals surface area contributed by atoms with Gasteiger partial charge in [0.05, 0.1) is 20.0 Å². The zero-order valence-electron chi connectivity index (χ0n) is 15.1. The van der Waals surface area contributed by atoms with Gasteiger partial charge in [-0.1, -0.05) is 42.5 Å². The van der Waals surface area contributed by atoms with E-state index in [4.69, 9.17) is 4.74 Å². The highest BCUT2D eigenvalue weighted by Gasteiger charge is 2.24. The summed E-state index contributed by atoms with van der Waals surface area (Å²) < 4.78 is 5.13. The maximum absolute atomic E-state index is 12.5. The Morgan fingerprint density at radius 2 is 1.23 bits per heavy atom. The first-order chi connectivity index (χ1) is 12.7. The molecule has 1 aliphatic rings. The Kier molecular flexibility index (Phi) is 5.89. The third-order valence-electron chi connectivity index (χ3n) is 4.70. The number of benzene rings is 2. The van der Waals surface area contributed by atoms with Crippen LogP contribution in [-0.2, 0) is 22.4 Å². The minimum Gasteiger partial charge on any atom is -0.497 e. The van der Waals surface area contributed by atoms with Gasteiger partial charge in [-0.05, 0) is 23.3 Å². The van der Waals surface area contributed by atoms with Gasteiger partial charge < -0.3 is 14.5 Å². The molecule has 2 amide bonds. The minimum atomic E-state index is 0.102. The first-order valence-electron chi connectivity index (χ1n) is 8.88. The van der Waals surface area contributed by atoms with Crippen LogP contribution in [0.3, 0.4) is 0 Å². The van der Waals surface area contributed by atoms with Gasteiger partial charge in [0.15, 0.2) is 0 Å². The summed E-state index contributed by atoms with van der Waals surface area (Å²) in [7, 11) is 1.62. The molecule has 136 valence electrons. The molecule has 1 saturated heterocycles. The van der Waals surface area contributed by atoms with Crippen molar-refractivity contribution < 1.29 is 14.3 Å². The predicted octanol–water partition coefficient (Wildman–Crippen LogP) is 2.15. The second kappa shape index (κ2) is 8.52. The zero-order valence-corrected chi connectivity index (χ0v) is 15.1. The summed E-state index contributed by atoms with van der Waals surface area (Å²) in [4.78, 5) is 28.6. The fraction of sp³-hybridized carbons (Fsp3) is 0.333. The molecule has 1 heterocycles. The van der Waals surface area contributed by atoms with Crippen LogP contribution >= 0.6 is 0 Å². The van der Waals surface area contributed by atoms with Crippen LogP contribution < -0.4 is 4.74 Å². The Hall–Kier alpha value is -2.82. The summed E-state index contributed by atoms with van der Waals surface area (Å²) in [5.41, 5.74) is 1.99. The molecule has 0 radical (unpaired) electrons. The fourth-order valence-electron chi connectivity index (χ4n) is 3.12. The Bertz CT molecular complexity index is 736. The lowest BCUT2D eigenvalue weighted by Crippen LogP contribution is -2.51. The normalized spacial score (nSPS) is 14.2. The quantitative estimate of drug-likeness (QED) is 0.828. The number of ether oxygens (including phenoxy) is 1. The predicted molar refractivity (Wildman–Crippen MR) is 100 cm³/mol. The van der Waals surface area contributed by atoms with Crippen LogP contribution in [0.2, 0.25) is 0 Å². The number of piperazine rings is 1. The Morgan fingerprint density at radius 3 is 1.69 bits per heavy atom. The molecule has 0 spiro atoms. The van der Waals surface area contributed by atoms with Crippen LogP contribution in [0, 0.1) is 0 Å². The second-order valence-corrected chi connectivity index (χ2v) is 6.45. The first kappa shape index (κ1) is 18.0. The van der Waals surface area contributed by atoms with E-state index in [1.54, 1.807) is 7.11 Å². The number of rotatable bonds is 5. The monoisotopic (exact) mass is 352 g/mol. The summed E-state index contributed by atoms with van der Waals surface area (Å²) in [5.74, 6) is 1.01. The molecule has 26 heavy (non-hydrogen) atoms. The largest absolute Gasteiger partial charge is 0.497 e. The van der Waals surface area contributed by atoms with Gasteiger partial charge in [-0.3, -0.25) is 9.59 Å². The van der Waals surface area contributed by atoms with E-state index in [9.17, 15) is 9.59 Å². The molecule has 0 bridgehead atoms. The van der Waals surface area contributed by atoms with E-state index in [1.807, 2.05) is 64.4 Å². The van der Waals surface area contributed by atoms with Gasteiger partial charge >= 0.3 is 0 Å². The second-order valence-electron chi connectivity index (χ2n) is 6.45. The topological polar surface area (TPSA) is 49.9 Å². The lowest BCUT2D eigenvalue weighted by Gasteiger charge is -2.35. The maximum Gasteiger partial charge on any atom is 0.227 e. The molecule has 1 fully saturated rings. The van der Waals surface area contributed by atoms with Crippen molar-refractivity contribution in [2.75, 3.05) is 33.3 Å². The molecule has 0 saturated carbocycles. The van der Waals surface area contributed by atoms with Crippen molar-refractivity contribution in [1.82, 2.24) is 9.80 Å². The third kappa shape index (κ3) is 4.63. The molecule has 0 unspecified atom stereocenters. The zero-order chi connectivity index (χ0) is 18.4. The molecule has 1 aliphatic heterocycles. The summed E-state index contributed by atoms with van der Waals surface area (Å²) in [6.07, 6.45) is 0.794. The molecular weight excluding hydrogens is 328 g/mol. The smallest absolute Gasteiger partial charge is 0.227 e. The lowest BCUT2D eigenvalue weighted by atomic mass is 10.1. The molecule has 0 aromatic heterocycles. The van der Waals surface area contributed by atoms with Gasteiger partial charge in [0.25, 0.3) is 0 Å². The van der Waals surface area contributed by atoms with Crippen LogP contribution in [0.15, 0.2) is 54.6 Å². The molecule has 0 atom stereocenters. The van der Waals surface area contributed by atoms with E-state index in [2.05, 4.69) is 0 Å². The maximum atomic E-state index is 12.5. The summed E-state index contributed by atoms with van der Waals surface area (Å²) in [5, 5.41) is 0. The summed E-state index contributed by atoms with van der Waals surface area (Å²) in [6, 6.07) is 17.3. The van der Waals surface area contributed by atoms with E-state index in [0.717, 1.165) is 16.9 Å². The lowest BCUT2D eigenvalue weighted by molar-refractivity contribution is -0.138. The fourth-order valence-corrected chi connectivity index (χ4v) is 3.12. The van der Waals surface area contributed by atoms with Crippen LogP contribution in [0.5, 0.6) is 5.75 Å². The van der Waals surface area contributed by atoms with Gasteiger partial charge in [0, 0.05) is 26.2 Å². The highest BCUT2D eigenvalue weighted by atomic mass is 16.5. The number of amides is 2. The van der Waals surface area contributed by atoms with Crippen LogP contribution in [-0.4, -0.2) is 54.9 Å². The number of hydrogen-bond acceptors (Lipinski definition) is 3. The highest BCUT2D eigenvalue weighted by Crippen LogP contribution is 2.13. The first-order valence-corrected chi connectivity index (χ1v) is 8.88. The third-order valence-corrected chi connectivity index (χ3v) is 4.70. The van der Waals surface area contributed by atoms with Crippen molar-refractivity contribution in [3.63, 3.8) is 0 Å². The Labute approximate surface area is 154 Å². The van der Waals surface area contributed by atoms with Gasteiger partial charge in [0.1, 0.15) is 5.75 Å². The van der Waals surface area contributed by atoms with E-state index < -0.39 is 0 Å². The number of methoxy groups -OCH3 is 1. The number of nitrogens with zero attached hydrogens (tertiary/aromatic N) is 2. The molecule has 2 aromatic carbocycles. The Morgan fingerprint density at radius 1 is 0.769 bits per heavy atom. The standard InChI is InChI=1S/C21H24N2O3/c1-26-19-9-7-18(8-10-19)16-21(25)23-13-11-22(12-14-23)20(24)15-17-5-3-2-4-6-17/h2-10H,11-16H2,1H3. The van der Waals surface area contributed by atoms with Gasteiger partial charge in [-0.2, -0.15) is 0 Å². The molecule has 5 nitrogen and oxygen atoms in total. The molecule has 5 heteroatoms. The van der Waals surface area contributed by atoms with E-state index in [0.29, 0.717) is 39.0 Å². The van der Waals surface area contributed by atoms with E-state index in [1.165, 1.54) is 0 Å². The molecule has 0 N–H and O–H groups in total. The number of carbonyl (C=O) groups is 2. The average molecular weight is 352 g/mol. The van der Waals surface area contributed by atoms with Crippen molar-refractivity contribution in [2.24, 2.45) is 0 Å². The number of hydrogen-bond donors (Lipinski definition) is 0. The molecular formula is C21H24N2O3. The Balaban J connectivity index is 1.48. The van der Waals surface area contributed by atoms with Crippen molar-refractivity contribution in [3.8, 4) is 5.75 Å². The summed E-state index contributed by atoms with van der Waals surface area (Å²) >= 11 is 0. The van der Waals surface area contributed by atoms with Crippen molar-refractivity contribution in [3.05, 3.63) is 65.7 Å². The van der Waals surface area contributed by atoms with Crippen molar-refractivity contribution in [2.45, 2.75) is 12.8 Å². The van der Waals surface area contributed by atoms with E-state index >= 15 is 0 Å². The molecule has 0 aliphatic carbocycles. The highest BCUT2D eigenvalue weighted by molar-refractivity contribution is 5.81. The molecule has 2 aromatic rings. The molecule has 3 rings (SSSR count). The van der Waals surface area contributed by atoms with Gasteiger partial charge in [-0.15, -0.1) is 0 Å². The van der Waals surface area contributed by atoms with Crippen LogP contribution in [0.4, 0.5) is 0 Å². The van der Waals surface area contributed by atoms with Gasteiger partial charge in [-0.25, -0.2) is 0 Å². The van der Waals surface area contributed by atoms with E-state index in [-0.39, 0.29) is 11.8 Å². The number of carbonyl (C=O) groups excluding carboxylic acids is 2. The van der Waals surface area contributed by atoms with Crippen LogP contribution in [0.25, 0.3) is 0 Å². The summed E-state index contributed by atoms with van der Waals surface area (Å²) in [6.45, 7) is 2.38. The van der Waals surface area contributed by atoms with Crippen molar-refractivity contribution in [1.29, 1.82) is 0 Å². The SMILES string of the molecule is COc1ccc(CC(=O)N2CCN(C(=O)Cc3ccccc3)CC2)cc1. The van der Waals surface area contributed by atoms with Crippen molar-refractivity contribution >= 4 is 11.8 Å². The van der Waals surface area contributed by atoms with Gasteiger partial charge in [0.2, 0.25) is 11.8 Å². The minimum absolute atomic E-state index is 0.102. The van der Waals surface area contributed by atoms with Crippen LogP contribution in [0.1, 0.15) is 11.1 Å². The average Bonchev–Trinajstić information content (AvgIpc) is 2.69.